The highest BCUT2D eigenvalue weighted by Crippen LogP contribution is 2.43. The third-order valence-corrected chi connectivity index (χ3v) is 5.88. The van der Waals surface area contributed by atoms with Crippen LogP contribution in [0.4, 0.5) is 4.79 Å². The molecule has 1 aliphatic carbocycles. The first-order chi connectivity index (χ1) is 12.0. The summed E-state index contributed by atoms with van der Waals surface area (Å²) in [5.41, 5.74) is 5.17. The minimum Gasteiger partial charge on any atom is -0.449 e. The van der Waals surface area contributed by atoms with E-state index in [1.54, 1.807) is 14.1 Å². The van der Waals surface area contributed by atoms with Gasteiger partial charge >= 0.3 is 6.09 Å². The van der Waals surface area contributed by atoms with E-state index >= 15 is 0 Å². The fourth-order valence-electron chi connectivity index (χ4n) is 4.01. The number of likely N-dealkylation sites (N-methyl/N-ethyl adjacent to an activating group) is 1. The molecule has 0 bridgehead atoms. The smallest absolute Gasteiger partial charge is 0.409 e. The Hall–Kier alpha value is -1.79. The maximum absolute atomic E-state index is 11.7. The zero-order valence-electron chi connectivity index (χ0n) is 14.7. The van der Waals surface area contributed by atoms with Gasteiger partial charge in [0, 0.05) is 43.5 Å². The molecule has 2 atom stereocenters. The number of rotatable bonds is 2. The minimum absolute atomic E-state index is 0.208. The van der Waals surface area contributed by atoms with E-state index in [4.69, 9.17) is 4.74 Å². The Morgan fingerprint density at radius 1 is 1.44 bits per heavy atom. The Morgan fingerprint density at radius 3 is 3.00 bits per heavy atom. The molecule has 1 N–H and O–H groups in total. The van der Waals surface area contributed by atoms with Crippen LogP contribution in [-0.2, 0) is 11.2 Å². The van der Waals surface area contributed by atoms with Crippen LogP contribution in [0.1, 0.15) is 11.1 Å². The molecule has 0 spiro atoms. The van der Waals surface area contributed by atoms with E-state index in [1.165, 1.54) is 32.5 Å². The maximum Gasteiger partial charge on any atom is 0.409 e. The molecule has 1 unspecified atom stereocenters. The van der Waals surface area contributed by atoms with E-state index in [2.05, 4.69) is 57.1 Å². The number of nitrogens with one attached hydrogen (secondary N) is 1. The Labute approximate surface area is 155 Å². The number of aromatic nitrogens is 1. The average Bonchev–Trinajstić information content (AvgIpc) is 2.90. The molecule has 1 amide bonds. The van der Waals surface area contributed by atoms with Crippen LogP contribution >= 0.6 is 15.9 Å². The largest absolute Gasteiger partial charge is 0.449 e. The van der Waals surface area contributed by atoms with Crippen molar-refractivity contribution in [2.45, 2.75) is 12.5 Å². The van der Waals surface area contributed by atoms with Gasteiger partial charge in [0.2, 0.25) is 0 Å². The first-order valence-electron chi connectivity index (χ1n) is 8.51. The molecule has 0 fully saturated rings. The molecular weight excluding hydrogens is 382 g/mol. The van der Waals surface area contributed by atoms with Crippen molar-refractivity contribution in [3.05, 3.63) is 40.0 Å². The molecule has 0 saturated carbocycles. The van der Waals surface area contributed by atoms with Gasteiger partial charge in [-0.1, -0.05) is 18.2 Å². The van der Waals surface area contributed by atoms with Crippen molar-refractivity contribution in [3.63, 3.8) is 0 Å². The highest BCUT2D eigenvalue weighted by Gasteiger charge is 2.35. The van der Waals surface area contributed by atoms with Crippen molar-refractivity contribution in [2.24, 2.45) is 5.92 Å². The predicted molar refractivity (Wildman–Crippen MR) is 103 cm³/mol. The molecule has 2 aromatic rings. The number of benzene rings is 1. The summed E-state index contributed by atoms with van der Waals surface area (Å²) >= 11 is 3.68. The second kappa shape index (κ2) is 6.18. The van der Waals surface area contributed by atoms with Crippen molar-refractivity contribution in [3.8, 4) is 0 Å². The normalized spacial score (nSPS) is 22.5. The number of ether oxygens (including phenoxy) is 1. The quantitative estimate of drug-likeness (QED) is 0.834. The van der Waals surface area contributed by atoms with E-state index in [1.807, 2.05) is 0 Å². The molecular formula is C19H22BrN3O2. The molecule has 4 rings (SSSR count). The summed E-state index contributed by atoms with van der Waals surface area (Å²) in [7, 11) is 5.57. The lowest BCUT2D eigenvalue weighted by Crippen LogP contribution is -2.43. The third kappa shape index (κ3) is 2.77. The second-order valence-corrected chi connectivity index (χ2v) is 7.95. The first kappa shape index (κ1) is 16.7. The van der Waals surface area contributed by atoms with Crippen LogP contribution in [-0.4, -0.2) is 61.2 Å². The van der Waals surface area contributed by atoms with Gasteiger partial charge in [-0.3, -0.25) is 4.90 Å². The zero-order valence-corrected chi connectivity index (χ0v) is 16.3. The summed E-state index contributed by atoms with van der Waals surface area (Å²) in [6.07, 6.45) is 3.02. The van der Waals surface area contributed by atoms with Crippen molar-refractivity contribution >= 4 is 38.5 Å². The standard InChI is InChI=1S/C19H22BrN3O2/c1-22(2)19(24)25-10-11-7-13-12-5-4-6-15-17(12)14(18(20)21-15)8-16(13)23(3)9-11/h4-7,11,16,21H,8-10H2,1-3H3/t11?,16-/m0/s1. The molecule has 1 aromatic heterocycles. The van der Waals surface area contributed by atoms with Crippen molar-refractivity contribution in [2.75, 3.05) is 34.3 Å². The lowest BCUT2D eigenvalue weighted by molar-refractivity contribution is 0.0978. The van der Waals surface area contributed by atoms with Gasteiger partial charge in [-0.05, 0) is 52.2 Å². The molecule has 0 radical (unpaired) electrons. The molecule has 0 saturated heterocycles. The van der Waals surface area contributed by atoms with Gasteiger partial charge in [0.25, 0.3) is 0 Å². The molecule has 1 aromatic carbocycles. The van der Waals surface area contributed by atoms with E-state index in [0.29, 0.717) is 12.6 Å². The van der Waals surface area contributed by atoms with Crippen LogP contribution < -0.4 is 0 Å². The van der Waals surface area contributed by atoms with Crippen molar-refractivity contribution in [1.29, 1.82) is 0 Å². The third-order valence-electron chi connectivity index (χ3n) is 5.20. The van der Waals surface area contributed by atoms with Crippen LogP contribution in [0.25, 0.3) is 16.5 Å². The lowest BCUT2D eigenvalue weighted by Gasteiger charge is -2.39. The Balaban J connectivity index is 1.70. The van der Waals surface area contributed by atoms with Gasteiger partial charge in [0.1, 0.15) is 6.61 Å². The minimum atomic E-state index is -0.286. The predicted octanol–water partition coefficient (Wildman–Crippen LogP) is 3.50. The first-order valence-corrected chi connectivity index (χ1v) is 9.30. The van der Waals surface area contributed by atoms with E-state index in [0.717, 1.165) is 17.6 Å². The lowest BCUT2D eigenvalue weighted by atomic mass is 9.80. The monoisotopic (exact) mass is 403 g/mol. The van der Waals surface area contributed by atoms with Gasteiger partial charge in [0.15, 0.2) is 0 Å². The number of halogens is 1. The number of carbonyl (C=O) groups excluding carboxylic acids is 1. The summed E-state index contributed by atoms with van der Waals surface area (Å²) in [6.45, 7) is 1.31. The summed E-state index contributed by atoms with van der Waals surface area (Å²) in [6, 6.07) is 6.79. The van der Waals surface area contributed by atoms with Crippen LogP contribution in [0.2, 0.25) is 0 Å². The molecule has 5 nitrogen and oxygen atoms in total. The Morgan fingerprint density at radius 2 is 2.24 bits per heavy atom. The number of hydrogen-bond donors (Lipinski definition) is 1. The zero-order chi connectivity index (χ0) is 17.7. The number of carbonyl (C=O) groups is 1. The molecule has 1 aliphatic heterocycles. The summed E-state index contributed by atoms with van der Waals surface area (Å²) in [4.78, 5) is 19.0. The summed E-state index contributed by atoms with van der Waals surface area (Å²) in [5, 5.41) is 1.32. The number of H-pyrrole nitrogens is 1. The van der Waals surface area contributed by atoms with Crippen LogP contribution in [0.15, 0.2) is 28.9 Å². The fourth-order valence-corrected chi connectivity index (χ4v) is 4.58. The van der Waals surface area contributed by atoms with Crippen LogP contribution in [0.5, 0.6) is 0 Å². The second-order valence-electron chi connectivity index (χ2n) is 7.16. The Bertz CT molecular complexity index is 871. The fraction of sp³-hybridized carbons (Fsp3) is 0.421. The van der Waals surface area contributed by atoms with Gasteiger partial charge in [-0.25, -0.2) is 4.79 Å². The van der Waals surface area contributed by atoms with E-state index in [-0.39, 0.29) is 12.0 Å². The molecule has 2 aliphatic rings. The maximum atomic E-state index is 11.7. The molecule has 25 heavy (non-hydrogen) atoms. The molecule has 6 heteroatoms. The number of fused-ring (bicyclic) bond motifs is 2. The van der Waals surface area contributed by atoms with E-state index < -0.39 is 0 Å². The summed E-state index contributed by atoms with van der Waals surface area (Å²) < 4.78 is 6.51. The van der Waals surface area contributed by atoms with Gasteiger partial charge in [-0.2, -0.15) is 0 Å². The van der Waals surface area contributed by atoms with Crippen LogP contribution in [0.3, 0.4) is 0 Å². The van der Waals surface area contributed by atoms with Gasteiger partial charge in [-0.15, -0.1) is 0 Å². The Kier molecular flexibility index (Phi) is 4.12. The highest BCUT2D eigenvalue weighted by atomic mass is 79.9. The summed E-state index contributed by atoms with van der Waals surface area (Å²) in [5.74, 6) is 0.208. The SMILES string of the molecule is CN(C)C(=O)OCC1C=C2c3cccc4[nH]c(Br)c(c34)C[C@@H]2N(C)C1. The number of aromatic amines is 1. The molecule has 132 valence electrons. The van der Waals surface area contributed by atoms with Gasteiger partial charge in [0.05, 0.1) is 4.60 Å². The van der Waals surface area contributed by atoms with Crippen molar-refractivity contribution < 1.29 is 9.53 Å². The molecule has 2 heterocycles. The van der Waals surface area contributed by atoms with Gasteiger partial charge < -0.3 is 14.6 Å². The van der Waals surface area contributed by atoms with Crippen LogP contribution in [0, 0.1) is 5.92 Å². The number of nitrogens with zero attached hydrogens (tertiary/aromatic N) is 2. The average molecular weight is 404 g/mol. The van der Waals surface area contributed by atoms with E-state index in [9.17, 15) is 4.79 Å². The van der Waals surface area contributed by atoms with Crippen molar-refractivity contribution in [1.82, 2.24) is 14.8 Å². The highest BCUT2D eigenvalue weighted by molar-refractivity contribution is 9.10. The topological polar surface area (TPSA) is 48.6 Å². The number of hydrogen-bond acceptors (Lipinski definition) is 3. The number of amides is 1.